The molecular formula is C60H65N4O+. The molecule has 1 saturated heterocycles. The molecule has 4 heterocycles. The summed E-state index contributed by atoms with van der Waals surface area (Å²) >= 11 is 0. The van der Waals surface area contributed by atoms with Crippen LogP contribution < -0.4 is 13.9 Å². The zero-order valence-electron chi connectivity index (χ0n) is 40.7. The summed E-state index contributed by atoms with van der Waals surface area (Å²) < 4.78 is 10.6. The van der Waals surface area contributed by atoms with Gasteiger partial charge in [-0.05, 0) is 103 Å². The van der Waals surface area contributed by atoms with Crippen LogP contribution in [0.15, 0.2) is 140 Å². The van der Waals surface area contributed by atoms with Crippen LogP contribution in [0.25, 0.3) is 38.8 Å². The smallest absolute Gasteiger partial charge is 0.225 e. The van der Waals surface area contributed by atoms with Crippen molar-refractivity contribution in [3.63, 3.8) is 0 Å². The zero-order valence-corrected chi connectivity index (χ0v) is 40.7. The van der Waals surface area contributed by atoms with Crippen LogP contribution in [0.2, 0.25) is 0 Å². The Hall–Kier alpha value is -6.01. The van der Waals surface area contributed by atoms with E-state index in [9.17, 15) is 0 Å². The summed E-state index contributed by atoms with van der Waals surface area (Å²) in [6.45, 7) is 32.4. The molecule has 1 fully saturated rings. The Labute approximate surface area is 387 Å². The summed E-state index contributed by atoms with van der Waals surface area (Å²) in [6.07, 6.45) is 1.94. The highest BCUT2D eigenvalue weighted by Crippen LogP contribution is 2.76. The first-order valence-corrected chi connectivity index (χ1v) is 23.6. The minimum atomic E-state index is -0.129. The van der Waals surface area contributed by atoms with Crippen LogP contribution in [0.1, 0.15) is 130 Å². The van der Waals surface area contributed by atoms with Gasteiger partial charge in [0, 0.05) is 59.4 Å². The molecule has 2 atom stereocenters. The third-order valence-electron chi connectivity index (χ3n) is 14.1. The molecule has 0 saturated carbocycles. The Morgan fingerprint density at radius 1 is 0.508 bits per heavy atom. The Kier molecular flexibility index (Phi) is 9.74. The maximum absolute atomic E-state index is 7.08. The molecule has 0 amide bonds. The van der Waals surface area contributed by atoms with Gasteiger partial charge in [-0.1, -0.05) is 145 Å². The molecule has 0 bridgehead atoms. The molecule has 0 radical (unpaired) electrons. The fourth-order valence-corrected chi connectivity index (χ4v) is 10.4. The molecule has 2 aliphatic heterocycles. The van der Waals surface area contributed by atoms with Crippen molar-refractivity contribution in [2.75, 3.05) is 0 Å². The van der Waals surface area contributed by atoms with Gasteiger partial charge in [0.2, 0.25) is 11.4 Å². The maximum atomic E-state index is 7.08. The Balaban J connectivity index is 1.13. The minimum Gasteiger partial charge on any atom is -0.457 e. The highest BCUT2D eigenvalue weighted by Gasteiger charge is 2.78. The molecule has 5 nitrogen and oxygen atoms in total. The SMILES string of the molecule is CC(C)c1cccc(C(C)C)c1-c1cccc([N@+]23[CH-][N+]2(c2cc(Oc4ccc5c6ccccc6n(-c6cc(C(C)(C)C)ccn6)c5c4)cc(C(C)(C)C)c2)c2ccc(C(C)(C)C)cc23)c1. The largest absolute Gasteiger partial charge is 0.457 e. The van der Waals surface area contributed by atoms with Gasteiger partial charge in [-0.15, -0.1) is 0 Å². The lowest BCUT2D eigenvalue weighted by Gasteiger charge is -2.41. The third kappa shape index (κ3) is 6.76. The van der Waals surface area contributed by atoms with E-state index in [4.69, 9.17) is 9.72 Å². The molecule has 6 aromatic carbocycles. The Bertz CT molecular complexity index is 3160. The van der Waals surface area contributed by atoms with Gasteiger partial charge < -0.3 is 4.74 Å². The number of para-hydroxylation sites is 1. The van der Waals surface area contributed by atoms with Crippen LogP contribution in [0.4, 0.5) is 22.7 Å². The normalized spacial score (nSPS) is 18.3. The van der Waals surface area contributed by atoms with Crippen molar-refractivity contribution in [1.82, 2.24) is 18.7 Å². The number of aromatic nitrogens is 2. The molecule has 5 heteroatoms. The van der Waals surface area contributed by atoms with Crippen molar-refractivity contribution in [3.05, 3.63) is 174 Å². The molecule has 1 unspecified atom stereocenters. The van der Waals surface area contributed by atoms with E-state index in [2.05, 4.69) is 235 Å². The first kappa shape index (κ1) is 42.9. The van der Waals surface area contributed by atoms with Gasteiger partial charge in [-0.25, -0.2) is 4.98 Å². The van der Waals surface area contributed by atoms with Gasteiger partial charge in [0.05, 0.1) is 11.0 Å². The van der Waals surface area contributed by atoms with Crippen molar-refractivity contribution >= 4 is 44.6 Å². The predicted molar refractivity (Wildman–Crippen MR) is 275 cm³/mol. The summed E-state index contributed by atoms with van der Waals surface area (Å²) in [5.41, 5.74) is 16.4. The standard InChI is InChI=1S/C60H65N4O/c1-38(2)48-21-17-22-49(39(3)4)57(48)40-18-16-19-44(30-40)63-37-64(63,54-27-24-41(33-55(54)63)58(5,6)7)45-31-43(60(11,12)13)32-47(35-45)65-46-25-26-51-50-20-14-15-23-52(50)62(53(51)36-46)56-34-42(28-29-61-56)59(8,9)10/h14-39H,1-13H3/q+1/t63-,64?/m0/s1. The first-order valence-electron chi connectivity index (χ1n) is 23.6. The summed E-state index contributed by atoms with van der Waals surface area (Å²) in [5, 5.41) is 2.36. The van der Waals surface area contributed by atoms with Crippen molar-refractivity contribution in [3.8, 4) is 28.4 Å². The van der Waals surface area contributed by atoms with E-state index in [-0.39, 0.29) is 16.2 Å². The molecule has 330 valence electrons. The number of nitrogens with zero attached hydrogens (tertiary/aromatic N) is 4. The van der Waals surface area contributed by atoms with Crippen molar-refractivity contribution < 1.29 is 4.74 Å². The number of hydrogen-bond donors (Lipinski definition) is 0. The van der Waals surface area contributed by atoms with Crippen molar-refractivity contribution in [1.29, 1.82) is 0 Å². The van der Waals surface area contributed by atoms with Gasteiger partial charge in [0.1, 0.15) is 17.3 Å². The number of fused-ring (bicyclic) bond motifs is 7. The molecule has 0 aliphatic carbocycles. The lowest BCUT2D eigenvalue weighted by atomic mass is 9.84. The van der Waals surface area contributed by atoms with E-state index in [0.29, 0.717) is 21.0 Å². The topological polar surface area (TPSA) is 27.1 Å². The fourth-order valence-electron chi connectivity index (χ4n) is 10.4. The first-order chi connectivity index (χ1) is 30.7. The average Bonchev–Trinajstić information content (AvgIpc) is 3.75. The van der Waals surface area contributed by atoms with Crippen LogP contribution in [-0.4, -0.2) is 9.55 Å². The minimum absolute atomic E-state index is 0.00984. The number of rotatable bonds is 8. The number of pyridine rings is 1. The molecule has 10 rings (SSSR count). The second kappa shape index (κ2) is 14.8. The van der Waals surface area contributed by atoms with Gasteiger partial charge in [-0.2, -0.15) is 9.18 Å². The van der Waals surface area contributed by atoms with Crippen molar-refractivity contribution in [2.24, 2.45) is 0 Å². The lowest BCUT2D eigenvalue weighted by molar-refractivity contribution is 0.420. The number of benzene rings is 6. The van der Waals surface area contributed by atoms with E-state index >= 15 is 0 Å². The monoisotopic (exact) mass is 858 g/mol. The summed E-state index contributed by atoms with van der Waals surface area (Å²) in [5.74, 6) is 3.33. The molecular weight excluding hydrogens is 793 g/mol. The molecule has 2 aromatic heterocycles. The van der Waals surface area contributed by atoms with E-state index in [1.807, 2.05) is 6.20 Å². The molecule has 2 aliphatic rings. The van der Waals surface area contributed by atoms with Crippen LogP contribution in [0, 0.1) is 6.67 Å². The highest BCUT2D eigenvalue weighted by molar-refractivity contribution is 6.09. The number of hydrogen-bond acceptors (Lipinski definition) is 2. The second-order valence-corrected chi connectivity index (χ2v) is 22.4. The van der Waals surface area contributed by atoms with Crippen LogP contribution >= 0.6 is 0 Å². The molecule has 65 heavy (non-hydrogen) atoms. The molecule has 8 aromatic rings. The summed E-state index contributed by atoms with van der Waals surface area (Å²) in [6, 6.07) is 49.9. The second-order valence-electron chi connectivity index (χ2n) is 22.4. The van der Waals surface area contributed by atoms with Crippen molar-refractivity contribution in [2.45, 2.75) is 118 Å². The Morgan fingerprint density at radius 3 is 1.85 bits per heavy atom. The average molecular weight is 858 g/mol. The number of quaternary nitrogens is 2. The third-order valence-corrected chi connectivity index (χ3v) is 14.1. The molecule has 0 spiro atoms. The molecule has 0 N–H and O–H groups in total. The zero-order chi connectivity index (χ0) is 46.0. The van der Waals surface area contributed by atoms with E-state index in [1.165, 1.54) is 72.5 Å². The van der Waals surface area contributed by atoms with Gasteiger partial charge in [0.15, 0.2) is 18.0 Å². The lowest BCUT2D eigenvalue weighted by Crippen LogP contribution is -2.46. The van der Waals surface area contributed by atoms with Gasteiger partial charge in [0.25, 0.3) is 0 Å². The quantitative estimate of drug-likeness (QED) is 0.0865. The number of ether oxygens (including phenoxy) is 1. The maximum Gasteiger partial charge on any atom is 0.225 e. The van der Waals surface area contributed by atoms with Crippen LogP contribution in [0.5, 0.6) is 11.5 Å². The van der Waals surface area contributed by atoms with E-state index in [0.717, 1.165) is 28.4 Å². The Morgan fingerprint density at radius 2 is 1.15 bits per heavy atom. The van der Waals surface area contributed by atoms with Gasteiger partial charge >= 0.3 is 0 Å². The van der Waals surface area contributed by atoms with E-state index < -0.39 is 0 Å². The highest BCUT2D eigenvalue weighted by atomic mass is 16.5. The van der Waals surface area contributed by atoms with Gasteiger partial charge in [-0.3, -0.25) is 4.57 Å². The van der Waals surface area contributed by atoms with Crippen LogP contribution in [0.3, 0.4) is 0 Å². The van der Waals surface area contributed by atoms with E-state index in [1.54, 1.807) is 0 Å². The summed E-state index contributed by atoms with van der Waals surface area (Å²) in [4.78, 5) is 4.94. The van der Waals surface area contributed by atoms with Crippen LogP contribution in [-0.2, 0) is 16.2 Å². The fraction of sp³-hybridized carbons (Fsp3) is 0.300. The summed E-state index contributed by atoms with van der Waals surface area (Å²) in [7, 11) is 0. The predicted octanol–water partition coefficient (Wildman–Crippen LogP) is 17.1.